The summed E-state index contributed by atoms with van der Waals surface area (Å²) < 4.78 is 11.3. The predicted octanol–water partition coefficient (Wildman–Crippen LogP) is 5.92. The second-order valence-electron chi connectivity index (χ2n) is 8.70. The zero-order valence-corrected chi connectivity index (χ0v) is 20.5. The minimum absolute atomic E-state index is 0.0293. The van der Waals surface area contributed by atoms with Crippen LogP contribution in [0.1, 0.15) is 34.8 Å². The quantitative estimate of drug-likeness (QED) is 0.303. The van der Waals surface area contributed by atoms with Gasteiger partial charge in [0.1, 0.15) is 11.5 Å². The zero-order chi connectivity index (χ0) is 25.1. The number of carbonyl (C=O) groups excluding carboxylic acids is 3. The first-order valence-corrected chi connectivity index (χ1v) is 11.7. The van der Waals surface area contributed by atoms with Gasteiger partial charge in [0.05, 0.1) is 5.92 Å². The Hall–Kier alpha value is -3.64. The number of Topliss-reactive ketones (excluding diaryl/α,β-unsaturated/α-hetero) is 1. The highest BCUT2D eigenvalue weighted by Crippen LogP contribution is 2.30. The van der Waals surface area contributed by atoms with Crippen LogP contribution in [-0.2, 0) is 14.3 Å². The molecule has 35 heavy (non-hydrogen) atoms. The van der Waals surface area contributed by atoms with E-state index in [1.54, 1.807) is 53.4 Å². The smallest absolute Gasteiger partial charge is 0.312 e. The summed E-state index contributed by atoms with van der Waals surface area (Å²) >= 11 is 5.86. The fraction of sp³-hybridized carbons (Fsp3) is 0.250. The highest BCUT2D eigenvalue weighted by atomic mass is 35.5. The second kappa shape index (κ2) is 10.3. The van der Waals surface area contributed by atoms with Crippen molar-refractivity contribution in [3.8, 4) is 11.5 Å². The average molecular weight is 492 g/mol. The van der Waals surface area contributed by atoms with Crippen LogP contribution in [0, 0.1) is 19.8 Å². The van der Waals surface area contributed by atoms with Gasteiger partial charge in [0.15, 0.2) is 6.10 Å². The lowest BCUT2D eigenvalue weighted by molar-refractivity contribution is -0.151. The molecule has 0 saturated carbocycles. The van der Waals surface area contributed by atoms with Gasteiger partial charge < -0.3 is 14.4 Å². The van der Waals surface area contributed by atoms with E-state index < -0.39 is 18.0 Å². The Bertz CT molecular complexity index is 1250. The Morgan fingerprint density at radius 2 is 1.60 bits per heavy atom. The molecular weight excluding hydrogens is 466 g/mol. The number of benzene rings is 3. The van der Waals surface area contributed by atoms with Gasteiger partial charge in [0.2, 0.25) is 11.7 Å². The second-order valence-corrected chi connectivity index (χ2v) is 9.13. The molecule has 1 aliphatic heterocycles. The Labute approximate surface area is 209 Å². The van der Waals surface area contributed by atoms with E-state index in [4.69, 9.17) is 21.1 Å². The van der Waals surface area contributed by atoms with Gasteiger partial charge in [0, 0.05) is 29.2 Å². The van der Waals surface area contributed by atoms with E-state index in [-0.39, 0.29) is 24.7 Å². The molecule has 1 saturated heterocycles. The van der Waals surface area contributed by atoms with Crippen molar-refractivity contribution in [3.63, 3.8) is 0 Å². The molecule has 1 aliphatic rings. The van der Waals surface area contributed by atoms with E-state index in [1.807, 2.05) is 32.0 Å². The molecule has 0 bridgehead atoms. The number of carbonyl (C=O) groups is 3. The Kier molecular flexibility index (Phi) is 7.22. The lowest BCUT2D eigenvalue weighted by atomic mass is 10.1. The highest BCUT2D eigenvalue weighted by molar-refractivity contribution is 6.30. The maximum Gasteiger partial charge on any atom is 0.312 e. The predicted molar refractivity (Wildman–Crippen MR) is 134 cm³/mol. The van der Waals surface area contributed by atoms with Crippen LogP contribution < -0.4 is 9.64 Å². The van der Waals surface area contributed by atoms with Crippen molar-refractivity contribution >= 4 is 34.9 Å². The molecule has 6 nitrogen and oxygen atoms in total. The average Bonchev–Trinajstić information content (AvgIpc) is 3.23. The van der Waals surface area contributed by atoms with Crippen molar-refractivity contribution in [2.45, 2.75) is 33.3 Å². The summed E-state index contributed by atoms with van der Waals surface area (Å²) in [6.45, 7) is 5.79. The maximum absolute atomic E-state index is 12.7. The van der Waals surface area contributed by atoms with E-state index in [0.29, 0.717) is 22.0 Å². The molecule has 4 rings (SSSR count). The van der Waals surface area contributed by atoms with Crippen LogP contribution in [-0.4, -0.2) is 30.3 Å². The molecule has 7 heteroatoms. The van der Waals surface area contributed by atoms with Gasteiger partial charge in [-0.15, -0.1) is 0 Å². The standard InChI is InChI=1S/C28H26ClNO5/c1-17-4-11-25(14-18(17)2)35-24-12-9-23(10-13-24)30-16-21(15-26(30)31)28(33)34-19(3)27(32)20-5-7-22(29)8-6-20/h4-14,19,21H,15-16H2,1-3H3/t19-,21-/m1/s1. The number of hydrogen-bond acceptors (Lipinski definition) is 5. The molecule has 2 atom stereocenters. The van der Waals surface area contributed by atoms with Crippen LogP contribution in [0.2, 0.25) is 5.02 Å². The van der Waals surface area contributed by atoms with Crippen LogP contribution >= 0.6 is 11.6 Å². The first kappa shape index (κ1) is 24.5. The van der Waals surface area contributed by atoms with Crippen molar-refractivity contribution in [1.82, 2.24) is 0 Å². The molecule has 1 heterocycles. The highest BCUT2D eigenvalue weighted by Gasteiger charge is 2.37. The number of aryl methyl sites for hydroxylation is 2. The number of rotatable bonds is 7. The first-order valence-electron chi connectivity index (χ1n) is 11.4. The van der Waals surface area contributed by atoms with Gasteiger partial charge in [-0.2, -0.15) is 0 Å². The van der Waals surface area contributed by atoms with Crippen LogP contribution in [0.15, 0.2) is 66.7 Å². The number of anilines is 1. The molecular formula is C28H26ClNO5. The summed E-state index contributed by atoms with van der Waals surface area (Å²) in [6.07, 6.45) is -0.934. The molecule has 0 unspecified atom stereocenters. The molecule has 0 radical (unpaired) electrons. The van der Waals surface area contributed by atoms with Crippen molar-refractivity contribution in [2.75, 3.05) is 11.4 Å². The molecule has 0 N–H and O–H groups in total. The molecule has 0 spiro atoms. The molecule has 1 amide bonds. The van der Waals surface area contributed by atoms with Gasteiger partial charge in [-0.1, -0.05) is 17.7 Å². The van der Waals surface area contributed by atoms with Crippen LogP contribution in [0.25, 0.3) is 0 Å². The topological polar surface area (TPSA) is 72.9 Å². The number of ether oxygens (including phenoxy) is 2. The summed E-state index contributed by atoms with van der Waals surface area (Å²) in [7, 11) is 0. The monoisotopic (exact) mass is 491 g/mol. The SMILES string of the molecule is Cc1ccc(Oc2ccc(N3C[C@H](C(=O)O[C@H](C)C(=O)c4ccc(Cl)cc4)CC3=O)cc2)cc1C. The summed E-state index contributed by atoms with van der Waals surface area (Å²) in [5, 5.41) is 0.514. The van der Waals surface area contributed by atoms with E-state index in [2.05, 4.69) is 0 Å². The van der Waals surface area contributed by atoms with Crippen LogP contribution in [0.5, 0.6) is 11.5 Å². The lowest BCUT2D eigenvalue weighted by Crippen LogP contribution is -2.30. The fourth-order valence-electron chi connectivity index (χ4n) is 3.90. The molecule has 180 valence electrons. The molecule has 3 aromatic rings. The van der Waals surface area contributed by atoms with E-state index in [9.17, 15) is 14.4 Å². The fourth-order valence-corrected chi connectivity index (χ4v) is 4.02. The summed E-state index contributed by atoms with van der Waals surface area (Å²) in [6, 6.07) is 19.4. The van der Waals surface area contributed by atoms with Crippen LogP contribution in [0.4, 0.5) is 5.69 Å². The van der Waals surface area contributed by atoms with Gasteiger partial charge in [-0.05, 0) is 92.6 Å². The number of amides is 1. The number of nitrogens with zero attached hydrogens (tertiary/aromatic N) is 1. The molecule has 0 aromatic heterocycles. The van der Waals surface area contributed by atoms with Crippen LogP contribution in [0.3, 0.4) is 0 Å². The third kappa shape index (κ3) is 5.72. The van der Waals surface area contributed by atoms with E-state index in [1.165, 1.54) is 12.5 Å². The Morgan fingerprint density at radius 3 is 2.26 bits per heavy atom. The first-order chi connectivity index (χ1) is 16.7. The number of halogens is 1. The summed E-state index contributed by atoms with van der Waals surface area (Å²) in [5.41, 5.74) is 3.41. The van der Waals surface area contributed by atoms with E-state index in [0.717, 1.165) is 11.3 Å². The van der Waals surface area contributed by atoms with Crippen molar-refractivity contribution in [3.05, 3.63) is 88.4 Å². The van der Waals surface area contributed by atoms with E-state index >= 15 is 0 Å². The number of esters is 1. The maximum atomic E-state index is 12.7. The third-order valence-electron chi connectivity index (χ3n) is 6.11. The number of hydrogen-bond donors (Lipinski definition) is 0. The lowest BCUT2D eigenvalue weighted by Gasteiger charge is -2.18. The number of ketones is 1. The van der Waals surface area contributed by atoms with Crippen molar-refractivity contribution < 1.29 is 23.9 Å². The van der Waals surface area contributed by atoms with Crippen molar-refractivity contribution in [2.24, 2.45) is 5.92 Å². The van der Waals surface area contributed by atoms with Gasteiger partial charge >= 0.3 is 5.97 Å². The summed E-state index contributed by atoms with van der Waals surface area (Å²) in [4.78, 5) is 39.4. The third-order valence-corrected chi connectivity index (χ3v) is 6.36. The normalized spacial score (nSPS) is 16.2. The minimum atomic E-state index is -0.963. The minimum Gasteiger partial charge on any atom is -0.457 e. The molecule has 1 fully saturated rings. The zero-order valence-electron chi connectivity index (χ0n) is 19.8. The van der Waals surface area contributed by atoms with Gasteiger partial charge in [0.25, 0.3) is 0 Å². The largest absolute Gasteiger partial charge is 0.457 e. The van der Waals surface area contributed by atoms with Gasteiger partial charge in [-0.25, -0.2) is 0 Å². The summed E-state index contributed by atoms with van der Waals surface area (Å²) in [5.74, 6) is -0.320. The van der Waals surface area contributed by atoms with Gasteiger partial charge in [-0.3, -0.25) is 14.4 Å². The molecule has 3 aromatic carbocycles. The van der Waals surface area contributed by atoms with Crippen molar-refractivity contribution in [1.29, 1.82) is 0 Å². The Balaban J connectivity index is 1.36. The molecule has 0 aliphatic carbocycles. The Morgan fingerprint density at radius 1 is 0.943 bits per heavy atom.